The highest BCUT2D eigenvalue weighted by Crippen LogP contribution is 2.30. The normalized spacial score (nSPS) is 14.3. The predicted molar refractivity (Wildman–Crippen MR) is 93.3 cm³/mol. The van der Waals surface area contributed by atoms with Gasteiger partial charge in [-0.1, -0.05) is 29.8 Å². The fraction of sp³-hybridized carbons (Fsp3) is 0.316. The van der Waals surface area contributed by atoms with Gasteiger partial charge in [0.25, 0.3) is 5.91 Å². The van der Waals surface area contributed by atoms with E-state index in [1.54, 1.807) is 38.1 Å². The van der Waals surface area contributed by atoms with E-state index in [0.717, 1.165) is 25.1 Å². The molecule has 3 nitrogen and oxygen atoms in total. The van der Waals surface area contributed by atoms with Crippen LogP contribution in [0.2, 0.25) is 5.02 Å². The molecule has 0 bridgehead atoms. The van der Waals surface area contributed by atoms with E-state index >= 15 is 0 Å². The van der Waals surface area contributed by atoms with Gasteiger partial charge in [-0.15, -0.1) is 0 Å². The summed E-state index contributed by atoms with van der Waals surface area (Å²) in [7, 11) is 0. The zero-order valence-electron chi connectivity index (χ0n) is 13.4. The molecule has 23 heavy (non-hydrogen) atoms. The number of amides is 1. The van der Waals surface area contributed by atoms with Gasteiger partial charge in [-0.3, -0.25) is 4.79 Å². The molecule has 2 aromatic carbocycles. The average Bonchev–Trinajstić information content (AvgIpc) is 2.55. The molecule has 0 radical (unpaired) electrons. The highest BCUT2D eigenvalue weighted by molar-refractivity contribution is 6.30. The molecule has 0 aromatic heterocycles. The van der Waals surface area contributed by atoms with Crippen LogP contribution < -0.4 is 9.64 Å². The molecular formula is C19H20ClNO2. The first-order chi connectivity index (χ1) is 11.0. The number of benzene rings is 2. The molecule has 1 amide bonds. The van der Waals surface area contributed by atoms with E-state index in [2.05, 4.69) is 6.07 Å². The van der Waals surface area contributed by atoms with Crippen LogP contribution in [0.3, 0.4) is 0 Å². The molecule has 0 N–H and O–H groups in total. The van der Waals surface area contributed by atoms with Gasteiger partial charge in [-0.25, -0.2) is 0 Å². The minimum atomic E-state index is -0.946. The second-order valence-electron chi connectivity index (χ2n) is 6.26. The third-order valence-corrected chi connectivity index (χ3v) is 4.31. The summed E-state index contributed by atoms with van der Waals surface area (Å²) in [5.41, 5.74) is 1.27. The molecule has 4 heteroatoms. The van der Waals surface area contributed by atoms with E-state index in [-0.39, 0.29) is 5.91 Å². The number of halogens is 1. The van der Waals surface area contributed by atoms with Crippen molar-refractivity contribution in [1.29, 1.82) is 0 Å². The third-order valence-electron chi connectivity index (χ3n) is 4.06. The highest BCUT2D eigenvalue weighted by atomic mass is 35.5. The van der Waals surface area contributed by atoms with Crippen LogP contribution in [0.25, 0.3) is 0 Å². The van der Waals surface area contributed by atoms with Crippen molar-refractivity contribution in [3.63, 3.8) is 0 Å². The van der Waals surface area contributed by atoms with Crippen LogP contribution in [0.4, 0.5) is 5.69 Å². The van der Waals surface area contributed by atoms with Crippen LogP contribution >= 0.6 is 11.6 Å². The summed E-state index contributed by atoms with van der Waals surface area (Å²) in [6.45, 7) is 4.34. The van der Waals surface area contributed by atoms with Crippen LogP contribution in [0.5, 0.6) is 5.75 Å². The maximum Gasteiger partial charge on any atom is 0.270 e. The predicted octanol–water partition coefficient (Wildman–Crippen LogP) is 4.48. The average molecular weight is 330 g/mol. The second-order valence-corrected chi connectivity index (χ2v) is 6.69. The van der Waals surface area contributed by atoms with Crippen LogP contribution in [-0.4, -0.2) is 18.1 Å². The summed E-state index contributed by atoms with van der Waals surface area (Å²) in [4.78, 5) is 14.9. The van der Waals surface area contributed by atoms with E-state index in [1.807, 2.05) is 23.1 Å². The maximum absolute atomic E-state index is 13.0. The first-order valence-corrected chi connectivity index (χ1v) is 8.20. The van der Waals surface area contributed by atoms with Gasteiger partial charge < -0.3 is 9.64 Å². The summed E-state index contributed by atoms with van der Waals surface area (Å²) in [5, 5.41) is 0.645. The lowest BCUT2D eigenvalue weighted by Crippen LogP contribution is -2.50. The van der Waals surface area contributed by atoms with E-state index in [1.165, 1.54) is 5.56 Å². The Balaban J connectivity index is 1.83. The molecular weight excluding hydrogens is 310 g/mol. The number of para-hydroxylation sites is 1. The molecule has 0 atom stereocenters. The molecule has 0 unspecified atom stereocenters. The fourth-order valence-electron chi connectivity index (χ4n) is 2.91. The Labute approximate surface area is 141 Å². The lowest BCUT2D eigenvalue weighted by atomic mass is 9.99. The largest absolute Gasteiger partial charge is 0.478 e. The number of hydrogen-bond donors (Lipinski definition) is 0. The van der Waals surface area contributed by atoms with Crippen LogP contribution in [0.1, 0.15) is 25.8 Å². The molecule has 0 saturated heterocycles. The molecule has 0 fully saturated rings. The molecule has 1 aliphatic heterocycles. The first kappa shape index (κ1) is 15.9. The number of ether oxygens (including phenoxy) is 1. The van der Waals surface area contributed by atoms with Crippen LogP contribution in [0, 0.1) is 0 Å². The van der Waals surface area contributed by atoms with Gasteiger partial charge in [-0.05, 0) is 62.6 Å². The van der Waals surface area contributed by atoms with E-state index in [9.17, 15) is 4.79 Å². The van der Waals surface area contributed by atoms with Gasteiger partial charge in [0.05, 0.1) is 0 Å². The van der Waals surface area contributed by atoms with Crippen molar-refractivity contribution in [2.75, 3.05) is 11.4 Å². The Bertz CT molecular complexity index is 710. The topological polar surface area (TPSA) is 29.5 Å². The highest BCUT2D eigenvalue weighted by Gasteiger charge is 2.36. The Kier molecular flexibility index (Phi) is 4.31. The standard InChI is InChI=1S/C19H20ClNO2/c1-19(2,23-16-11-9-15(20)10-12-16)18(22)21-13-5-7-14-6-3-4-8-17(14)21/h3-4,6,8-12H,5,7,13H2,1-2H3. The number of nitrogens with zero attached hydrogens (tertiary/aromatic N) is 1. The number of carbonyl (C=O) groups is 1. The van der Waals surface area contributed by atoms with Crippen molar-refractivity contribution in [1.82, 2.24) is 0 Å². The molecule has 120 valence electrons. The Morgan fingerprint density at radius 2 is 1.83 bits per heavy atom. The Morgan fingerprint density at radius 3 is 2.57 bits per heavy atom. The quantitative estimate of drug-likeness (QED) is 0.831. The van der Waals surface area contributed by atoms with E-state index in [0.29, 0.717) is 10.8 Å². The van der Waals surface area contributed by atoms with Crippen molar-refractivity contribution in [3.8, 4) is 5.75 Å². The molecule has 0 aliphatic carbocycles. The lowest BCUT2D eigenvalue weighted by molar-refractivity contribution is -0.131. The Hall–Kier alpha value is -2.00. The number of aryl methyl sites for hydroxylation is 1. The molecule has 1 heterocycles. The van der Waals surface area contributed by atoms with Gasteiger partial charge in [0.15, 0.2) is 5.60 Å². The summed E-state index contributed by atoms with van der Waals surface area (Å²) in [5.74, 6) is 0.609. The van der Waals surface area contributed by atoms with Crippen molar-refractivity contribution >= 4 is 23.2 Å². The second kappa shape index (κ2) is 6.25. The summed E-state index contributed by atoms with van der Waals surface area (Å²) < 4.78 is 5.94. The van der Waals surface area contributed by atoms with Gasteiger partial charge >= 0.3 is 0 Å². The van der Waals surface area contributed by atoms with Gasteiger partial charge in [0.1, 0.15) is 5.75 Å². The number of rotatable bonds is 3. The van der Waals surface area contributed by atoms with Crippen LogP contribution in [0.15, 0.2) is 48.5 Å². The number of anilines is 1. The monoisotopic (exact) mass is 329 g/mol. The van der Waals surface area contributed by atoms with Gasteiger partial charge in [0, 0.05) is 17.3 Å². The number of carbonyl (C=O) groups excluding carboxylic acids is 1. The molecule has 1 aliphatic rings. The zero-order chi connectivity index (χ0) is 16.4. The van der Waals surface area contributed by atoms with E-state index in [4.69, 9.17) is 16.3 Å². The Morgan fingerprint density at radius 1 is 1.13 bits per heavy atom. The summed E-state index contributed by atoms with van der Waals surface area (Å²) >= 11 is 5.89. The van der Waals surface area contributed by atoms with Gasteiger partial charge in [0.2, 0.25) is 0 Å². The zero-order valence-corrected chi connectivity index (χ0v) is 14.1. The molecule has 2 aromatic rings. The minimum absolute atomic E-state index is 0.0281. The SMILES string of the molecule is CC(C)(Oc1ccc(Cl)cc1)C(=O)N1CCCc2ccccc21. The summed E-state index contributed by atoms with van der Waals surface area (Å²) in [6.07, 6.45) is 1.98. The van der Waals surface area contributed by atoms with Crippen LogP contribution in [-0.2, 0) is 11.2 Å². The number of hydrogen-bond acceptors (Lipinski definition) is 2. The van der Waals surface area contributed by atoms with Crippen molar-refractivity contribution in [3.05, 3.63) is 59.1 Å². The van der Waals surface area contributed by atoms with Crippen molar-refractivity contribution in [2.45, 2.75) is 32.3 Å². The fourth-order valence-corrected chi connectivity index (χ4v) is 3.04. The summed E-state index contributed by atoms with van der Waals surface area (Å²) in [6, 6.07) is 15.1. The smallest absolute Gasteiger partial charge is 0.270 e. The lowest BCUT2D eigenvalue weighted by Gasteiger charge is -2.35. The van der Waals surface area contributed by atoms with Crippen molar-refractivity contribution in [2.24, 2.45) is 0 Å². The minimum Gasteiger partial charge on any atom is -0.478 e. The maximum atomic E-state index is 13.0. The molecule has 3 rings (SSSR count). The molecule has 0 spiro atoms. The van der Waals surface area contributed by atoms with Crippen molar-refractivity contribution < 1.29 is 9.53 Å². The van der Waals surface area contributed by atoms with E-state index < -0.39 is 5.60 Å². The third kappa shape index (κ3) is 3.35. The number of fused-ring (bicyclic) bond motifs is 1. The van der Waals surface area contributed by atoms with Gasteiger partial charge in [-0.2, -0.15) is 0 Å². The first-order valence-electron chi connectivity index (χ1n) is 7.82. The molecule has 0 saturated carbocycles.